The molecule has 0 aromatic rings. The van der Waals surface area contributed by atoms with Crippen LogP contribution in [0.5, 0.6) is 0 Å². The predicted octanol–water partition coefficient (Wildman–Crippen LogP) is -0.338. The Labute approximate surface area is 164 Å². The van der Waals surface area contributed by atoms with Crippen molar-refractivity contribution >= 4 is 24.1 Å². The molecule has 16 nitrogen and oxygen atoms in total. The van der Waals surface area contributed by atoms with E-state index >= 15 is 0 Å². The lowest BCUT2D eigenvalue weighted by Crippen LogP contribution is -2.44. The lowest BCUT2D eigenvalue weighted by atomic mass is 10.1. The van der Waals surface area contributed by atoms with Gasteiger partial charge in [0.1, 0.15) is 0 Å². The topological polar surface area (TPSA) is 203 Å². The van der Waals surface area contributed by atoms with E-state index in [4.69, 9.17) is 0 Å². The summed E-state index contributed by atoms with van der Waals surface area (Å²) in [5.41, 5.74) is -3.97. The van der Waals surface area contributed by atoms with Crippen LogP contribution < -0.4 is 0 Å². The highest BCUT2D eigenvalue weighted by atomic mass is 17.1. The van der Waals surface area contributed by atoms with E-state index in [0.717, 1.165) is 41.8 Å². The highest BCUT2D eigenvalue weighted by molar-refractivity contribution is 5.87. The van der Waals surface area contributed by atoms with Crippen LogP contribution in [0.3, 0.4) is 0 Å². The summed E-state index contributed by atoms with van der Waals surface area (Å²) in [5.74, 6) is -3.86. The SMILES string of the molecule is CN([O-])OC(=O)COC(=O)C(C)(C)ON([O-])OC(=O)OC(=O)C(C)(C)ON(C)[O-]. The molecule has 0 unspecified atom stereocenters. The molecule has 168 valence electrons. The molecule has 29 heavy (non-hydrogen) atoms. The maximum Gasteiger partial charge on any atom is 0.537 e. The number of carbonyl (C=O) groups excluding carboxylic acids is 4. The highest BCUT2D eigenvalue weighted by Crippen LogP contribution is 2.16. The summed E-state index contributed by atoms with van der Waals surface area (Å²) >= 11 is 0. The molecule has 0 saturated carbocycles. The monoisotopic (exact) mass is 426 g/mol. The third kappa shape index (κ3) is 10.6. The molecule has 0 aliphatic carbocycles. The van der Waals surface area contributed by atoms with E-state index in [1.807, 2.05) is 0 Å². The van der Waals surface area contributed by atoms with Crippen molar-refractivity contribution < 1.29 is 48.0 Å². The van der Waals surface area contributed by atoms with Crippen LogP contribution >= 0.6 is 0 Å². The number of nitrogens with zero attached hydrogens (tertiary/aromatic N) is 3. The summed E-state index contributed by atoms with van der Waals surface area (Å²) in [6.45, 7) is 3.23. The molecule has 0 rings (SSSR count). The Hall–Kier alpha value is -2.44. The Morgan fingerprint density at radius 1 is 0.793 bits per heavy atom. The van der Waals surface area contributed by atoms with E-state index in [9.17, 15) is 34.8 Å². The summed E-state index contributed by atoms with van der Waals surface area (Å²) in [5, 5.41) is 31.7. The van der Waals surface area contributed by atoms with Crippen molar-refractivity contribution in [3.8, 4) is 0 Å². The number of carbonyl (C=O) groups is 4. The number of esters is 2. The largest absolute Gasteiger partial charge is 0.762 e. The zero-order valence-electron chi connectivity index (χ0n) is 16.4. The van der Waals surface area contributed by atoms with Gasteiger partial charge in [-0.3, -0.25) is 14.9 Å². The van der Waals surface area contributed by atoms with Gasteiger partial charge < -0.3 is 34.8 Å². The molecule has 0 aliphatic rings. The molecule has 0 spiro atoms. The van der Waals surface area contributed by atoms with Gasteiger partial charge in [-0.15, -0.1) is 0 Å². The standard InChI is InChI=1S/C13H20N3O13/c1-12(2,9(18)24-7-8(17)26-14(5)21)29-16(23)27-11(20)25-10(19)13(3,4)28-15(6)22/h7H2,1-6H3/q-3. The number of hydrogen-bond acceptors (Lipinski definition) is 16. The van der Waals surface area contributed by atoms with E-state index in [1.54, 1.807) is 0 Å². The van der Waals surface area contributed by atoms with Gasteiger partial charge in [0.2, 0.25) is 0 Å². The zero-order chi connectivity index (χ0) is 23.0. The minimum atomic E-state index is -2.08. The molecule has 0 atom stereocenters. The van der Waals surface area contributed by atoms with Gasteiger partial charge in [-0.05, 0) is 34.7 Å². The fourth-order valence-corrected chi connectivity index (χ4v) is 1.35. The lowest BCUT2D eigenvalue weighted by Gasteiger charge is -2.33. The van der Waals surface area contributed by atoms with Crippen LogP contribution in [0.2, 0.25) is 0 Å². The Kier molecular flexibility index (Phi) is 10.0. The maximum atomic E-state index is 11.8. The first-order chi connectivity index (χ1) is 13.1. The lowest BCUT2D eigenvalue weighted by molar-refractivity contribution is -0.346. The predicted molar refractivity (Wildman–Crippen MR) is 87.4 cm³/mol. The molecular formula is C13H20N3O13-3. The average molecular weight is 426 g/mol. The van der Waals surface area contributed by atoms with Crippen LogP contribution in [0.25, 0.3) is 0 Å². The molecular weight excluding hydrogens is 406 g/mol. The van der Waals surface area contributed by atoms with Gasteiger partial charge in [-0.1, -0.05) is 5.39 Å². The second kappa shape index (κ2) is 10.9. The highest BCUT2D eigenvalue weighted by Gasteiger charge is 2.36. The Bertz CT molecular complexity index is 605. The van der Waals surface area contributed by atoms with Gasteiger partial charge in [0.25, 0.3) is 0 Å². The van der Waals surface area contributed by atoms with E-state index in [0.29, 0.717) is 0 Å². The first-order valence-corrected chi connectivity index (χ1v) is 7.56. The molecule has 0 radical (unpaired) electrons. The van der Waals surface area contributed by atoms with E-state index in [2.05, 4.69) is 28.8 Å². The van der Waals surface area contributed by atoms with Crippen LogP contribution in [-0.2, 0) is 43.2 Å². The van der Waals surface area contributed by atoms with E-state index in [-0.39, 0.29) is 10.5 Å². The van der Waals surface area contributed by atoms with Crippen molar-refractivity contribution in [3.63, 3.8) is 0 Å². The van der Waals surface area contributed by atoms with Crippen LogP contribution in [0.15, 0.2) is 0 Å². The summed E-state index contributed by atoms with van der Waals surface area (Å²) in [6, 6.07) is 0. The molecule has 0 bridgehead atoms. The van der Waals surface area contributed by atoms with E-state index < -0.39 is 47.3 Å². The molecule has 0 aliphatic heterocycles. The number of ether oxygens (including phenoxy) is 2. The van der Waals surface area contributed by atoms with Crippen molar-refractivity contribution in [1.29, 1.82) is 0 Å². The minimum absolute atomic E-state index is 0.0609. The van der Waals surface area contributed by atoms with E-state index in [1.165, 1.54) is 0 Å². The van der Waals surface area contributed by atoms with Crippen LogP contribution in [0, 0.1) is 15.6 Å². The molecule has 16 heteroatoms. The van der Waals surface area contributed by atoms with Gasteiger partial charge >= 0.3 is 24.1 Å². The van der Waals surface area contributed by atoms with Crippen molar-refractivity contribution in [3.05, 3.63) is 15.6 Å². The van der Waals surface area contributed by atoms with Gasteiger partial charge in [0.15, 0.2) is 17.8 Å². The molecule has 0 aromatic carbocycles. The Morgan fingerprint density at radius 2 is 1.31 bits per heavy atom. The maximum absolute atomic E-state index is 11.8. The number of rotatable bonds is 10. The summed E-state index contributed by atoms with van der Waals surface area (Å²) in [6.07, 6.45) is -1.86. The first kappa shape index (κ1) is 26.6. The van der Waals surface area contributed by atoms with Crippen LogP contribution in [-0.4, -0.2) is 71.8 Å². The van der Waals surface area contributed by atoms with Crippen LogP contribution in [0.1, 0.15) is 27.7 Å². The smallest absolute Gasteiger partial charge is 0.537 e. The van der Waals surface area contributed by atoms with Crippen molar-refractivity contribution in [2.75, 3.05) is 20.7 Å². The normalized spacial score (nSPS) is 12.1. The number of hydrogen-bond donors (Lipinski definition) is 0. The third-order valence-electron chi connectivity index (χ3n) is 2.52. The Morgan fingerprint density at radius 3 is 1.79 bits per heavy atom. The molecule has 0 N–H and O–H groups in total. The van der Waals surface area contributed by atoms with Gasteiger partial charge in [0, 0.05) is 7.05 Å². The van der Waals surface area contributed by atoms with Crippen molar-refractivity contribution in [2.45, 2.75) is 38.9 Å². The van der Waals surface area contributed by atoms with Crippen LogP contribution in [0.4, 0.5) is 4.79 Å². The second-order valence-electron chi connectivity index (χ2n) is 6.08. The zero-order valence-corrected chi connectivity index (χ0v) is 16.4. The van der Waals surface area contributed by atoms with Crippen molar-refractivity contribution in [1.82, 2.24) is 15.8 Å². The van der Waals surface area contributed by atoms with Gasteiger partial charge in [-0.2, -0.15) is 0 Å². The summed E-state index contributed by atoms with van der Waals surface area (Å²) in [7, 11) is 1.80. The molecule has 0 amide bonds. The molecule has 0 fully saturated rings. The Balaban J connectivity index is 4.60. The summed E-state index contributed by atoms with van der Waals surface area (Å²) in [4.78, 5) is 63.0. The first-order valence-electron chi connectivity index (χ1n) is 7.56. The molecule has 0 saturated heterocycles. The van der Waals surface area contributed by atoms with Gasteiger partial charge in [0.05, 0.1) is 0 Å². The number of hydroxylamine groups is 4. The van der Waals surface area contributed by atoms with Crippen molar-refractivity contribution in [2.24, 2.45) is 0 Å². The fraction of sp³-hybridized carbons (Fsp3) is 0.692. The fourth-order valence-electron chi connectivity index (χ4n) is 1.35. The minimum Gasteiger partial charge on any atom is -0.762 e. The molecule has 0 aromatic heterocycles. The quantitative estimate of drug-likeness (QED) is 0.249. The second-order valence-corrected chi connectivity index (χ2v) is 6.08. The van der Waals surface area contributed by atoms with Gasteiger partial charge in [-0.25, -0.2) is 24.4 Å². The average Bonchev–Trinajstić information content (AvgIpc) is 2.49. The molecule has 0 heterocycles. The third-order valence-corrected chi connectivity index (χ3v) is 2.52. The summed E-state index contributed by atoms with van der Waals surface area (Å²) < 4.78 is 8.63.